The second kappa shape index (κ2) is 6.39. The van der Waals surface area contributed by atoms with Crippen LogP contribution in [-0.2, 0) is 12.8 Å². The van der Waals surface area contributed by atoms with Crippen LogP contribution in [0.2, 0.25) is 10.0 Å². The fraction of sp³-hybridized carbons (Fsp3) is 0.333. The highest BCUT2D eigenvalue weighted by molar-refractivity contribution is 6.33. The van der Waals surface area contributed by atoms with E-state index in [2.05, 4.69) is 24.3 Å². The molecule has 110 valence electrons. The maximum Gasteiger partial charge on any atom is 0.0649 e. The van der Waals surface area contributed by atoms with E-state index in [1.807, 2.05) is 6.07 Å². The third kappa shape index (κ3) is 3.26. The van der Waals surface area contributed by atoms with Crippen LogP contribution >= 0.6 is 23.2 Å². The van der Waals surface area contributed by atoms with E-state index in [0.717, 1.165) is 24.8 Å². The molecule has 0 aromatic heterocycles. The van der Waals surface area contributed by atoms with Gasteiger partial charge in [0.05, 0.1) is 6.10 Å². The van der Waals surface area contributed by atoms with Gasteiger partial charge in [-0.15, -0.1) is 0 Å². The van der Waals surface area contributed by atoms with E-state index in [4.69, 9.17) is 23.2 Å². The van der Waals surface area contributed by atoms with Gasteiger partial charge in [0.1, 0.15) is 0 Å². The Balaban J connectivity index is 1.83. The van der Waals surface area contributed by atoms with Crippen LogP contribution in [-0.4, -0.2) is 11.2 Å². The molecule has 2 atom stereocenters. The zero-order valence-corrected chi connectivity index (χ0v) is 13.2. The van der Waals surface area contributed by atoms with Gasteiger partial charge < -0.3 is 5.11 Å². The summed E-state index contributed by atoms with van der Waals surface area (Å²) in [5.41, 5.74) is 3.57. The number of aliphatic hydroxyl groups excluding tert-OH is 1. The third-order valence-electron chi connectivity index (χ3n) is 4.32. The van der Waals surface area contributed by atoms with Crippen molar-refractivity contribution in [1.82, 2.24) is 0 Å². The van der Waals surface area contributed by atoms with Crippen molar-refractivity contribution in [3.8, 4) is 0 Å². The Labute approximate surface area is 135 Å². The third-order valence-corrected chi connectivity index (χ3v) is 4.92. The van der Waals surface area contributed by atoms with E-state index in [9.17, 15) is 5.11 Å². The molecule has 0 saturated heterocycles. The van der Waals surface area contributed by atoms with Crippen molar-refractivity contribution in [2.24, 2.45) is 0 Å². The monoisotopic (exact) mass is 320 g/mol. The topological polar surface area (TPSA) is 20.2 Å². The first kappa shape index (κ1) is 14.9. The van der Waals surface area contributed by atoms with Gasteiger partial charge in [0.15, 0.2) is 0 Å². The molecule has 3 rings (SSSR count). The molecule has 1 nitrogen and oxygen atoms in total. The summed E-state index contributed by atoms with van der Waals surface area (Å²) in [6.45, 7) is 0. The van der Waals surface area contributed by atoms with Crippen LogP contribution in [0.15, 0.2) is 42.5 Å². The summed E-state index contributed by atoms with van der Waals surface area (Å²) in [6, 6.07) is 13.8. The first-order valence-corrected chi connectivity index (χ1v) is 8.10. The minimum Gasteiger partial charge on any atom is -0.392 e. The van der Waals surface area contributed by atoms with Crippen molar-refractivity contribution in [2.45, 2.75) is 37.7 Å². The molecule has 3 heteroatoms. The van der Waals surface area contributed by atoms with Crippen molar-refractivity contribution in [3.05, 3.63) is 69.2 Å². The number of hydrogen-bond donors (Lipinski definition) is 1. The van der Waals surface area contributed by atoms with Gasteiger partial charge in [0.25, 0.3) is 0 Å². The Morgan fingerprint density at radius 2 is 1.95 bits per heavy atom. The van der Waals surface area contributed by atoms with E-state index in [1.165, 1.54) is 11.1 Å². The summed E-state index contributed by atoms with van der Waals surface area (Å²) in [7, 11) is 0. The number of rotatable bonds is 3. The summed E-state index contributed by atoms with van der Waals surface area (Å²) in [4.78, 5) is 0. The summed E-state index contributed by atoms with van der Waals surface area (Å²) < 4.78 is 0. The SMILES string of the molecule is OC(Cc1cc(Cl)ccc1Cl)C1CCCc2ccccc21. The Morgan fingerprint density at radius 1 is 1.14 bits per heavy atom. The highest BCUT2D eigenvalue weighted by atomic mass is 35.5. The van der Waals surface area contributed by atoms with Crippen LogP contribution in [0.25, 0.3) is 0 Å². The lowest BCUT2D eigenvalue weighted by Gasteiger charge is -2.29. The van der Waals surface area contributed by atoms with Crippen LogP contribution < -0.4 is 0 Å². The molecule has 0 bridgehead atoms. The molecule has 0 spiro atoms. The van der Waals surface area contributed by atoms with Crippen molar-refractivity contribution < 1.29 is 5.11 Å². The van der Waals surface area contributed by atoms with Crippen molar-refractivity contribution in [2.75, 3.05) is 0 Å². The predicted molar refractivity (Wildman–Crippen MR) is 88.3 cm³/mol. The molecule has 0 amide bonds. The lowest BCUT2D eigenvalue weighted by molar-refractivity contribution is 0.134. The standard InChI is InChI=1S/C18H18Cl2O/c19-14-8-9-17(20)13(10-14)11-18(21)16-7-3-5-12-4-1-2-6-15(12)16/h1-2,4,6,8-10,16,18,21H,3,5,7,11H2. The van der Waals surface area contributed by atoms with E-state index in [-0.39, 0.29) is 5.92 Å². The molecule has 1 aliphatic rings. The summed E-state index contributed by atoms with van der Waals surface area (Å²) in [5, 5.41) is 12.0. The molecule has 0 aliphatic heterocycles. The minimum atomic E-state index is -0.428. The van der Waals surface area contributed by atoms with Gasteiger partial charge in [-0.3, -0.25) is 0 Å². The van der Waals surface area contributed by atoms with Crippen molar-refractivity contribution in [1.29, 1.82) is 0 Å². The number of aliphatic hydroxyl groups is 1. The van der Waals surface area contributed by atoms with Crippen molar-refractivity contribution in [3.63, 3.8) is 0 Å². The normalized spacial score (nSPS) is 19.1. The molecule has 21 heavy (non-hydrogen) atoms. The molecular weight excluding hydrogens is 303 g/mol. The molecule has 1 aliphatic carbocycles. The first-order chi connectivity index (χ1) is 10.1. The van der Waals surface area contributed by atoms with Gasteiger partial charge in [0, 0.05) is 22.4 Å². The number of halogens is 2. The largest absolute Gasteiger partial charge is 0.392 e. The zero-order valence-electron chi connectivity index (χ0n) is 11.7. The van der Waals surface area contributed by atoms with Gasteiger partial charge in [-0.05, 0) is 54.2 Å². The van der Waals surface area contributed by atoms with E-state index >= 15 is 0 Å². The van der Waals surface area contributed by atoms with Gasteiger partial charge in [0.2, 0.25) is 0 Å². The Kier molecular flexibility index (Phi) is 4.54. The predicted octanol–water partition coefficient (Wildman–Crippen LogP) is 5.02. The Hall–Kier alpha value is -1.02. The average Bonchev–Trinajstić information content (AvgIpc) is 2.50. The minimum absolute atomic E-state index is 0.185. The fourth-order valence-electron chi connectivity index (χ4n) is 3.26. The quantitative estimate of drug-likeness (QED) is 0.842. The van der Waals surface area contributed by atoms with Gasteiger partial charge in [-0.2, -0.15) is 0 Å². The lowest BCUT2D eigenvalue weighted by atomic mass is 9.78. The van der Waals surface area contributed by atoms with Crippen LogP contribution in [0.5, 0.6) is 0 Å². The van der Waals surface area contributed by atoms with Gasteiger partial charge >= 0.3 is 0 Å². The van der Waals surface area contributed by atoms with Crippen LogP contribution in [0.4, 0.5) is 0 Å². The van der Waals surface area contributed by atoms with Crippen LogP contribution in [0, 0.1) is 0 Å². The highest BCUT2D eigenvalue weighted by Gasteiger charge is 2.26. The molecule has 0 fully saturated rings. The van der Waals surface area contributed by atoms with Gasteiger partial charge in [-0.25, -0.2) is 0 Å². The molecule has 2 unspecified atom stereocenters. The number of aryl methyl sites for hydroxylation is 1. The second-order valence-electron chi connectivity index (χ2n) is 5.70. The fourth-order valence-corrected chi connectivity index (χ4v) is 3.65. The number of benzene rings is 2. The number of fused-ring (bicyclic) bond motifs is 1. The summed E-state index contributed by atoms with van der Waals surface area (Å²) >= 11 is 12.2. The van der Waals surface area contributed by atoms with Crippen LogP contribution in [0.3, 0.4) is 0 Å². The average molecular weight is 321 g/mol. The second-order valence-corrected chi connectivity index (χ2v) is 6.55. The maximum atomic E-state index is 10.7. The summed E-state index contributed by atoms with van der Waals surface area (Å²) in [5.74, 6) is 0.185. The number of hydrogen-bond acceptors (Lipinski definition) is 1. The Morgan fingerprint density at radius 3 is 2.81 bits per heavy atom. The van der Waals surface area contributed by atoms with Gasteiger partial charge in [-0.1, -0.05) is 47.5 Å². The highest BCUT2D eigenvalue weighted by Crippen LogP contribution is 2.35. The first-order valence-electron chi connectivity index (χ1n) is 7.35. The summed E-state index contributed by atoms with van der Waals surface area (Å²) in [6.07, 6.45) is 3.37. The molecular formula is C18H18Cl2O. The van der Waals surface area contributed by atoms with Crippen LogP contribution in [0.1, 0.15) is 35.4 Å². The molecule has 2 aromatic rings. The molecule has 0 saturated carbocycles. The Bertz CT molecular complexity index is 639. The van der Waals surface area contributed by atoms with E-state index in [0.29, 0.717) is 16.5 Å². The molecule has 2 aromatic carbocycles. The van der Waals surface area contributed by atoms with E-state index < -0.39 is 6.10 Å². The smallest absolute Gasteiger partial charge is 0.0649 e. The van der Waals surface area contributed by atoms with E-state index in [1.54, 1.807) is 12.1 Å². The zero-order chi connectivity index (χ0) is 14.8. The maximum absolute atomic E-state index is 10.7. The molecule has 0 heterocycles. The molecule has 0 radical (unpaired) electrons. The lowest BCUT2D eigenvalue weighted by Crippen LogP contribution is -2.25. The van der Waals surface area contributed by atoms with Crippen molar-refractivity contribution >= 4 is 23.2 Å². The molecule has 1 N–H and O–H groups in total.